The monoisotopic (exact) mass is 217 g/mol. The molecular weight excluding hydrogens is 190 g/mol. The molecule has 0 radical (unpaired) electrons. The SMILES string of the molecule is COCCCNCCOC(C)CC(C)C. The minimum atomic E-state index is 0.380. The van der Waals surface area contributed by atoms with E-state index in [0.29, 0.717) is 6.10 Å². The van der Waals surface area contributed by atoms with Crippen LogP contribution in [-0.4, -0.2) is 39.5 Å². The summed E-state index contributed by atoms with van der Waals surface area (Å²) in [5, 5.41) is 3.32. The molecule has 15 heavy (non-hydrogen) atoms. The standard InChI is InChI=1S/C12H27NO2/c1-11(2)10-12(3)15-9-7-13-6-5-8-14-4/h11-13H,5-10H2,1-4H3. The van der Waals surface area contributed by atoms with Gasteiger partial charge in [-0.3, -0.25) is 0 Å². The summed E-state index contributed by atoms with van der Waals surface area (Å²) in [4.78, 5) is 0. The van der Waals surface area contributed by atoms with Crippen molar-refractivity contribution in [1.82, 2.24) is 5.32 Å². The lowest BCUT2D eigenvalue weighted by molar-refractivity contribution is 0.0537. The minimum Gasteiger partial charge on any atom is -0.385 e. The lowest BCUT2D eigenvalue weighted by Gasteiger charge is -2.15. The Kier molecular flexibility index (Phi) is 10.3. The van der Waals surface area contributed by atoms with E-state index in [1.54, 1.807) is 7.11 Å². The first-order valence-electron chi connectivity index (χ1n) is 5.98. The number of hydrogen-bond donors (Lipinski definition) is 1. The Bertz CT molecular complexity index is 129. The van der Waals surface area contributed by atoms with E-state index < -0.39 is 0 Å². The molecule has 1 N–H and O–H groups in total. The van der Waals surface area contributed by atoms with Crippen LogP contribution in [0.25, 0.3) is 0 Å². The van der Waals surface area contributed by atoms with Crippen molar-refractivity contribution < 1.29 is 9.47 Å². The van der Waals surface area contributed by atoms with Crippen LogP contribution in [0.2, 0.25) is 0 Å². The highest BCUT2D eigenvalue weighted by atomic mass is 16.5. The van der Waals surface area contributed by atoms with Crippen molar-refractivity contribution >= 4 is 0 Å². The van der Waals surface area contributed by atoms with E-state index in [1.165, 1.54) is 0 Å². The van der Waals surface area contributed by atoms with Gasteiger partial charge in [0.25, 0.3) is 0 Å². The zero-order valence-corrected chi connectivity index (χ0v) is 10.7. The van der Waals surface area contributed by atoms with Crippen LogP contribution in [0.3, 0.4) is 0 Å². The molecule has 1 unspecified atom stereocenters. The van der Waals surface area contributed by atoms with E-state index in [9.17, 15) is 0 Å². The molecule has 0 aliphatic rings. The Hall–Kier alpha value is -0.120. The summed E-state index contributed by atoms with van der Waals surface area (Å²) >= 11 is 0. The fourth-order valence-corrected chi connectivity index (χ4v) is 1.53. The van der Waals surface area contributed by atoms with Crippen LogP contribution in [0.5, 0.6) is 0 Å². The highest BCUT2D eigenvalue weighted by Gasteiger charge is 2.04. The molecule has 0 fully saturated rings. The predicted molar refractivity (Wildman–Crippen MR) is 64.2 cm³/mol. The summed E-state index contributed by atoms with van der Waals surface area (Å²) in [6.45, 7) is 10.2. The average molecular weight is 217 g/mol. The quantitative estimate of drug-likeness (QED) is 0.568. The summed E-state index contributed by atoms with van der Waals surface area (Å²) in [6.07, 6.45) is 2.59. The second kappa shape index (κ2) is 10.4. The second-order valence-corrected chi connectivity index (χ2v) is 4.41. The van der Waals surface area contributed by atoms with Gasteiger partial charge in [0.1, 0.15) is 0 Å². The van der Waals surface area contributed by atoms with E-state index in [4.69, 9.17) is 9.47 Å². The molecule has 0 aromatic rings. The summed E-state index contributed by atoms with van der Waals surface area (Å²) < 4.78 is 10.6. The number of hydrogen-bond acceptors (Lipinski definition) is 3. The van der Waals surface area contributed by atoms with Crippen molar-refractivity contribution in [2.45, 2.75) is 39.7 Å². The maximum atomic E-state index is 5.67. The molecule has 92 valence electrons. The largest absolute Gasteiger partial charge is 0.385 e. The molecule has 0 rings (SSSR count). The molecule has 3 nitrogen and oxygen atoms in total. The van der Waals surface area contributed by atoms with Crippen LogP contribution in [0.1, 0.15) is 33.6 Å². The third kappa shape index (κ3) is 11.8. The maximum absolute atomic E-state index is 5.67. The van der Waals surface area contributed by atoms with Crippen molar-refractivity contribution in [3.05, 3.63) is 0 Å². The fourth-order valence-electron chi connectivity index (χ4n) is 1.53. The smallest absolute Gasteiger partial charge is 0.0594 e. The van der Waals surface area contributed by atoms with Crippen LogP contribution in [-0.2, 0) is 9.47 Å². The molecule has 0 aliphatic carbocycles. The lowest BCUT2D eigenvalue weighted by Crippen LogP contribution is -2.24. The van der Waals surface area contributed by atoms with Crippen LogP contribution >= 0.6 is 0 Å². The molecule has 0 spiro atoms. The van der Waals surface area contributed by atoms with Crippen LogP contribution < -0.4 is 5.32 Å². The first-order valence-corrected chi connectivity index (χ1v) is 5.98. The zero-order chi connectivity index (χ0) is 11.5. The fraction of sp³-hybridized carbons (Fsp3) is 1.00. The Morgan fingerprint density at radius 1 is 1.07 bits per heavy atom. The lowest BCUT2D eigenvalue weighted by atomic mass is 10.1. The van der Waals surface area contributed by atoms with Gasteiger partial charge in [0.2, 0.25) is 0 Å². The molecule has 0 aliphatic heterocycles. The summed E-state index contributed by atoms with van der Waals surface area (Å²) in [5.41, 5.74) is 0. The van der Waals surface area contributed by atoms with Gasteiger partial charge < -0.3 is 14.8 Å². The predicted octanol–water partition coefficient (Wildman–Crippen LogP) is 2.06. The first-order chi connectivity index (χ1) is 7.16. The number of nitrogens with one attached hydrogen (secondary N) is 1. The molecule has 0 bridgehead atoms. The zero-order valence-electron chi connectivity index (χ0n) is 10.7. The molecule has 0 amide bonds. The molecule has 0 aromatic heterocycles. The normalized spacial score (nSPS) is 13.4. The van der Waals surface area contributed by atoms with Gasteiger partial charge in [-0.25, -0.2) is 0 Å². The molecule has 0 saturated carbocycles. The van der Waals surface area contributed by atoms with E-state index in [2.05, 4.69) is 26.1 Å². The number of methoxy groups -OCH3 is 1. The molecule has 0 saturated heterocycles. The van der Waals surface area contributed by atoms with Crippen molar-refractivity contribution in [1.29, 1.82) is 0 Å². The summed E-state index contributed by atoms with van der Waals surface area (Å²) in [6, 6.07) is 0. The van der Waals surface area contributed by atoms with Crippen molar-refractivity contribution in [2.24, 2.45) is 5.92 Å². The highest BCUT2D eigenvalue weighted by molar-refractivity contribution is 4.55. The number of ether oxygens (including phenoxy) is 2. The highest BCUT2D eigenvalue weighted by Crippen LogP contribution is 2.06. The second-order valence-electron chi connectivity index (χ2n) is 4.41. The Labute approximate surface area is 94.5 Å². The van der Waals surface area contributed by atoms with E-state index in [-0.39, 0.29) is 0 Å². The Morgan fingerprint density at radius 2 is 1.80 bits per heavy atom. The van der Waals surface area contributed by atoms with E-state index in [0.717, 1.165) is 45.1 Å². The van der Waals surface area contributed by atoms with Gasteiger partial charge >= 0.3 is 0 Å². The Morgan fingerprint density at radius 3 is 2.40 bits per heavy atom. The summed E-state index contributed by atoms with van der Waals surface area (Å²) in [5.74, 6) is 0.717. The van der Waals surface area contributed by atoms with Gasteiger partial charge in [-0.2, -0.15) is 0 Å². The van der Waals surface area contributed by atoms with Crippen LogP contribution in [0.15, 0.2) is 0 Å². The average Bonchev–Trinajstić information content (AvgIpc) is 2.15. The van der Waals surface area contributed by atoms with Gasteiger partial charge in [-0.05, 0) is 32.2 Å². The molecule has 1 atom stereocenters. The van der Waals surface area contributed by atoms with Crippen molar-refractivity contribution in [2.75, 3.05) is 33.4 Å². The summed E-state index contributed by atoms with van der Waals surface area (Å²) in [7, 11) is 1.73. The van der Waals surface area contributed by atoms with Gasteiger partial charge in [-0.15, -0.1) is 0 Å². The molecule has 3 heteroatoms. The molecule has 0 aromatic carbocycles. The molecular formula is C12H27NO2. The topological polar surface area (TPSA) is 30.5 Å². The van der Waals surface area contributed by atoms with Crippen LogP contribution in [0, 0.1) is 5.92 Å². The third-order valence-electron chi connectivity index (χ3n) is 2.19. The Balaban J connectivity index is 3.09. The number of rotatable bonds is 10. The van der Waals surface area contributed by atoms with Crippen molar-refractivity contribution in [3.63, 3.8) is 0 Å². The van der Waals surface area contributed by atoms with Gasteiger partial charge in [0, 0.05) is 20.3 Å². The van der Waals surface area contributed by atoms with Gasteiger partial charge in [-0.1, -0.05) is 13.8 Å². The maximum Gasteiger partial charge on any atom is 0.0594 e. The molecule has 0 heterocycles. The van der Waals surface area contributed by atoms with Gasteiger partial charge in [0.15, 0.2) is 0 Å². The van der Waals surface area contributed by atoms with E-state index >= 15 is 0 Å². The minimum absolute atomic E-state index is 0.380. The van der Waals surface area contributed by atoms with Crippen molar-refractivity contribution in [3.8, 4) is 0 Å². The van der Waals surface area contributed by atoms with Gasteiger partial charge in [0.05, 0.1) is 12.7 Å². The van der Waals surface area contributed by atoms with E-state index in [1.807, 2.05) is 0 Å². The third-order valence-corrected chi connectivity index (χ3v) is 2.19. The first kappa shape index (κ1) is 14.9. The van der Waals surface area contributed by atoms with Crippen LogP contribution in [0.4, 0.5) is 0 Å².